The summed E-state index contributed by atoms with van der Waals surface area (Å²) in [4.78, 5) is 15.3. The summed E-state index contributed by atoms with van der Waals surface area (Å²) in [6, 6.07) is 60.7. The number of aromatic nitrogens is 3. The van der Waals surface area contributed by atoms with Crippen molar-refractivity contribution in [3.63, 3.8) is 0 Å². The predicted molar refractivity (Wildman–Crippen MR) is 209 cm³/mol. The first kappa shape index (κ1) is 29.0. The molecule has 0 spiro atoms. The molecule has 0 N–H and O–H groups in total. The Bertz CT molecular complexity index is 2880. The monoisotopic (exact) mass is 651 g/mol. The highest BCUT2D eigenvalue weighted by molar-refractivity contribution is 6.28. The average Bonchev–Trinajstić information content (AvgIpc) is 3.60. The molecule has 4 heteroatoms. The van der Waals surface area contributed by atoms with Gasteiger partial charge in [-0.05, 0) is 41.5 Å². The maximum atomic E-state index is 6.30. The molecule has 0 atom stereocenters. The summed E-state index contributed by atoms with van der Waals surface area (Å²) in [5.41, 5.74) is 11.8. The van der Waals surface area contributed by atoms with Crippen molar-refractivity contribution in [2.24, 2.45) is 0 Å². The summed E-state index contributed by atoms with van der Waals surface area (Å²) in [5, 5.41) is 5.60. The molecule has 10 rings (SSSR count). The van der Waals surface area contributed by atoms with E-state index < -0.39 is 0 Å². The van der Waals surface area contributed by atoms with E-state index in [1.165, 1.54) is 11.1 Å². The van der Waals surface area contributed by atoms with Gasteiger partial charge in [0.2, 0.25) is 0 Å². The van der Waals surface area contributed by atoms with Crippen LogP contribution in [0.2, 0.25) is 0 Å². The molecule has 0 fully saturated rings. The summed E-state index contributed by atoms with van der Waals surface area (Å²) >= 11 is 0. The van der Waals surface area contributed by atoms with Gasteiger partial charge >= 0.3 is 0 Å². The Morgan fingerprint density at radius 1 is 0.333 bits per heavy atom. The highest BCUT2D eigenvalue weighted by Crippen LogP contribution is 2.41. The summed E-state index contributed by atoms with van der Waals surface area (Å²) in [6.45, 7) is 0. The van der Waals surface area contributed by atoms with Gasteiger partial charge in [-0.25, -0.2) is 15.0 Å². The molecule has 0 aliphatic rings. The number of hydrogen-bond donors (Lipinski definition) is 0. The van der Waals surface area contributed by atoms with Crippen LogP contribution in [0, 0.1) is 0 Å². The number of rotatable bonds is 5. The van der Waals surface area contributed by atoms with E-state index in [-0.39, 0.29) is 0 Å². The second-order valence-electron chi connectivity index (χ2n) is 12.8. The fraction of sp³-hybridized carbons (Fsp3) is 0. The number of nitrogens with zero attached hydrogens (tertiary/aromatic N) is 3. The zero-order chi connectivity index (χ0) is 33.7. The molecule has 0 amide bonds. The number of hydrogen-bond acceptors (Lipinski definition) is 4. The molecule has 0 aliphatic carbocycles. The van der Waals surface area contributed by atoms with E-state index in [0.717, 1.165) is 82.9 Å². The van der Waals surface area contributed by atoms with E-state index in [1.807, 2.05) is 42.5 Å². The van der Waals surface area contributed by atoms with Gasteiger partial charge in [0.15, 0.2) is 5.82 Å². The molecular weight excluding hydrogens is 623 g/mol. The van der Waals surface area contributed by atoms with Crippen LogP contribution in [0.4, 0.5) is 0 Å². The minimum Gasteiger partial charge on any atom is -0.456 e. The van der Waals surface area contributed by atoms with Crippen LogP contribution in [-0.4, -0.2) is 15.0 Å². The van der Waals surface area contributed by atoms with E-state index in [0.29, 0.717) is 5.82 Å². The first-order chi connectivity index (χ1) is 25.3. The molecule has 51 heavy (non-hydrogen) atoms. The van der Waals surface area contributed by atoms with Crippen LogP contribution in [0.3, 0.4) is 0 Å². The highest BCUT2D eigenvalue weighted by Gasteiger charge is 2.18. The van der Waals surface area contributed by atoms with Crippen molar-refractivity contribution in [1.82, 2.24) is 15.0 Å². The Morgan fingerprint density at radius 2 is 0.882 bits per heavy atom. The molecule has 3 aromatic heterocycles. The Balaban J connectivity index is 1.10. The number of benzene rings is 7. The summed E-state index contributed by atoms with van der Waals surface area (Å²) < 4.78 is 6.30. The molecule has 0 radical (unpaired) electrons. The van der Waals surface area contributed by atoms with Crippen LogP contribution >= 0.6 is 0 Å². The van der Waals surface area contributed by atoms with Gasteiger partial charge in [0.05, 0.1) is 22.6 Å². The Labute approximate surface area is 294 Å². The van der Waals surface area contributed by atoms with Gasteiger partial charge in [-0.2, -0.15) is 0 Å². The molecule has 7 aromatic carbocycles. The van der Waals surface area contributed by atoms with Crippen molar-refractivity contribution in [1.29, 1.82) is 0 Å². The van der Waals surface area contributed by atoms with Crippen LogP contribution in [0.5, 0.6) is 0 Å². The SMILES string of the molecule is c1ccc(-c2ccc(-c3cc(-c4ccc(-c5nc6ccccc6c6c5ccc5oc7ccccc7c56)cc4)nc(-c4ccccc4)n3)cc2)cc1. The molecule has 238 valence electrons. The van der Waals surface area contributed by atoms with E-state index in [1.54, 1.807) is 0 Å². The van der Waals surface area contributed by atoms with Gasteiger partial charge in [-0.3, -0.25) is 0 Å². The quantitative estimate of drug-likeness (QED) is 0.174. The smallest absolute Gasteiger partial charge is 0.160 e. The summed E-state index contributed by atoms with van der Waals surface area (Å²) in [5.74, 6) is 0.692. The van der Waals surface area contributed by atoms with Crippen LogP contribution in [-0.2, 0) is 0 Å². The second kappa shape index (κ2) is 11.9. The van der Waals surface area contributed by atoms with Gasteiger partial charge in [-0.1, -0.05) is 146 Å². The number of pyridine rings is 1. The number of para-hydroxylation sites is 2. The van der Waals surface area contributed by atoms with Gasteiger partial charge in [-0.15, -0.1) is 0 Å². The van der Waals surface area contributed by atoms with Crippen LogP contribution in [0.15, 0.2) is 180 Å². The van der Waals surface area contributed by atoms with E-state index in [4.69, 9.17) is 19.4 Å². The van der Waals surface area contributed by atoms with Crippen molar-refractivity contribution >= 4 is 43.6 Å². The van der Waals surface area contributed by atoms with Crippen molar-refractivity contribution in [2.45, 2.75) is 0 Å². The Morgan fingerprint density at radius 3 is 1.59 bits per heavy atom. The van der Waals surface area contributed by atoms with Crippen LogP contribution in [0.25, 0.3) is 99.9 Å². The lowest BCUT2D eigenvalue weighted by Crippen LogP contribution is -1.96. The molecule has 0 unspecified atom stereocenters. The van der Waals surface area contributed by atoms with Crippen molar-refractivity contribution < 1.29 is 4.42 Å². The number of fused-ring (bicyclic) bond motifs is 7. The lowest BCUT2D eigenvalue weighted by Gasteiger charge is -2.12. The van der Waals surface area contributed by atoms with Gasteiger partial charge in [0.1, 0.15) is 11.2 Å². The molecule has 4 nitrogen and oxygen atoms in total. The zero-order valence-electron chi connectivity index (χ0n) is 27.5. The highest BCUT2D eigenvalue weighted by atomic mass is 16.3. The first-order valence-electron chi connectivity index (χ1n) is 17.1. The molecule has 0 saturated carbocycles. The molecule has 10 aromatic rings. The lowest BCUT2D eigenvalue weighted by molar-refractivity contribution is 0.669. The molecule has 0 saturated heterocycles. The standard InChI is InChI=1S/C47H29N3O/c1-3-11-30(12-4-1)31-19-21-32(22-20-31)40-29-41(50-47(49-40)35-13-5-2-6-14-35)33-23-25-34(26-24-33)46-38-27-28-43-45(37-16-8-10-18-42(37)51-43)44(38)36-15-7-9-17-39(36)48-46/h1-29H. The fourth-order valence-electron chi connectivity index (χ4n) is 7.20. The molecular formula is C47H29N3O. The number of furan rings is 1. The molecule has 0 aliphatic heterocycles. The minimum absolute atomic E-state index is 0.692. The maximum absolute atomic E-state index is 6.30. The van der Waals surface area contributed by atoms with Crippen LogP contribution < -0.4 is 0 Å². The van der Waals surface area contributed by atoms with Gasteiger partial charge in [0.25, 0.3) is 0 Å². The summed E-state index contributed by atoms with van der Waals surface area (Å²) in [6.07, 6.45) is 0. The zero-order valence-corrected chi connectivity index (χ0v) is 27.5. The van der Waals surface area contributed by atoms with E-state index in [2.05, 4.69) is 133 Å². The average molecular weight is 652 g/mol. The Kier molecular flexibility index (Phi) is 6.78. The maximum Gasteiger partial charge on any atom is 0.160 e. The molecule has 0 bridgehead atoms. The molecule has 3 heterocycles. The van der Waals surface area contributed by atoms with Crippen molar-refractivity contribution in [3.8, 4) is 56.3 Å². The second-order valence-corrected chi connectivity index (χ2v) is 12.8. The summed E-state index contributed by atoms with van der Waals surface area (Å²) in [7, 11) is 0. The topological polar surface area (TPSA) is 51.8 Å². The van der Waals surface area contributed by atoms with E-state index in [9.17, 15) is 0 Å². The third kappa shape index (κ3) is 5.04. The third-order valence-electron chi connectivity index (χ3n) is 9.70. The van der Waals surface area contributed by atoms with Gasteiger partial charge < -0.3 is 4.42 Å². The lowest BCUT2D eigenvalue weighted by atomic mass is 9.95. The van der Waals surface area contributed by atoms with Crippen molar-refractivity contribution in [2.75, 3.05) is 0 Å². The van der Waals surface area contributed by atoms with E-state index >= 15 is 0 Å². The fourth-order valence-corrected chi connectivity index (χ4v) is 7.20. The predicted octanol–water partition coefficient (Wildman–Crippen LogP) is 12.4. The Hall–Kier alpha value is -6.91. The first-order valence-corrected chi connectivity index (χ1v) is 17.1. The van der Waals surface area contributed by atoms with Gasteiger partial charge in [0, 0.05) is 49.2 Å². The van der Waals surface area contributed by atoms with Crippen molar-refractivity contribution in [3.05, 3.63) is 176 Å². The largest absolute Gasteiger partial charge is 0.456 e. The third-order valence-corrected chi connectivity index (χ3v) is 9.70. The van der Waals surface area contributed by atoms with Crippen LogP contribution in [0.1, 0.15) is 0 Å². The minimum atomic E-state index is 0.692. The normalized spacial score (nSPS) is 11.5.